The standard InChI is InChI=1S/C25H29N5O3S2/c1-2-3-12-35(33)21-14-19-22(23(21)26)18(13-20(30-19)24-27-9-11-34-24)17-6-4-16(5-7-17)15-29-25(32)28-8-10-31/h4-7,9,11,13,31H,2-3,8,10,12,14-15,26H2,1H3,(H2,28,29,32). The van der Waals surface area contributed by atoms with Gasteiger partial charge in [0, 0.05) is 47.3 Å². The van der Waals surface area contributed by atoms with Gasteiger partial charge in [0.25, 0.3) is 0 Å². The van der Waals surface area contributed by atoms with Crippen LogP contribution in [0.1, 0.15) is 36.6 Å². The Balaban J connectivity index is 1.66. The first-order chi connectivity index (χ1) is 17.0. The van der Waals surface area contributed by atoms with Crippen molar-refractivity contribution in [2.75, 3.05) is 18.9 Å². The number of allylic oxidation sites excluding steroid dienone is 1. The number of unbranched alkanes of at least 4 members (excludes halogenated alkanes) is 1. The van der Waals surface area contributed by atoms with Gasteiger partial charge >= 0.3 is 6.03 Å². The van der Waals surface area contributed by atoms with Gasteiger partial charge in [-0.2, -0.15) is 0 Å². The SMILES string of the molecule is CCCCS(=O)C1=C(N)c2c(-c3ccc(CNC(=O)NCCO)cc3)cc(-c3nccs3)nc2C1. The summed E-state index contributed by atoms with van der Waals surface area (Å²) in [6.07, 6.45) is 4.10. The van der Waals surface area contributed by atoms with Crippen molar-refractivity contribution in [1.29, 1.82) is 0 Å². The number of pyridine rings is 1. The number of aliphatic hydroxyl groups is 1. The first-order valence-electron chi connectivity index (χ1n) is 11.5. The molecule has 3 aromatic rings. The number of amides is 2. The number of nitrogens with two attached hydrogens (primary N) is 1. The molecule has 2 heterocycles. The molecule has 0 saturated heterocycles. The topological polar surface area (TPSA) is 130 Å². The van der Waals surface area contributed by atoms with E-state index in [0.717, 1.165) is 56.4 Å². The van der Waals surface area contributed by atoms with Crippen LogP contribution in [-0.4, -0.2) is 44.2 Å². The zero-order valence-electron chi connectivity index (χ0n) is 19.5. The highest BCUT2D eigenvalue weighted by Gasteiger charge is 2.29. The first kappa shape index (κ1) is 25.0. The van der Waals surface area contributed by atoms with Crippen LogP contribution in [-0.2, 0) is 23.8 Å². The number of thiazole rings is 1. The molecule has 4 rings (SSSR count). The number of fused-ring (bicyclic) bond motifs is 1. The maximum atomic E-state index is 13.0. The largest absolute Gasteiger partial charge is 0.397 e. The molecule has 0 fully saturated rings. The van der Waals surface area contributed by atoms with Gasteiger partial charge in [0.1, 0.15) is 5.01 Å². The molecular formula is C25H29N5O3S2. The Hall–Kier alpha value is -3.08. The van der Waals surface area contributed by atoms with Crippen LogP contribution >= 0.6 is 11.3 Å². The lowest BCUT2D eigenvalue weighted by Gasteiger charge is -2.13. The number of carbonyl (C=O) groups is 1. The molecular weight excluding hydrogens is 482 g/mol. The maximum absolute atomic E-state index is 13.0. The summed E-state index contributed by atoms with van der Waals surface area (Å²) < 4.78 is 13.0. The zero-order chi connectivity index (χ0) is 24.8. The van der Waals surface area contributed by atoms with Crippen molar-refractivity contribution in [3.05, 3.63) is 63.6 Å². The van der Waals surface area contributed by atoms with Crippen LogP contribution in [0.3, 0.4) is 0 Å². The van der Waals surface area contributed by atoms with Crippen molar-refractivity contribution in [3.8, 4) is 21.8 Å². The van der Waals surface area contributed by atoms with Gasteiger partial charge < -0.3 is 21.5 Å². The van der Waals surface area contributed by atoms with E-state index < -0.39 is 10.8 Å². The molecule has 5 N–H and O–H groups in total. The molecule has 10 heteroatoms. The molecule has 1 unspecified atom stereocenters. The van der Waals surface area contributed by atoms with Crippen LogP contribution in [0.2, 0.25) is 0 Å². The van der Waals surface area contributed by atoms with E-state index in [-0.39, 0.29) is 19.2 Å². The molecule has 1 aromatic carbocycles. The highest BCUT2D eigenvalue weighted by molar-refractivity contribution is 7.89. The molecule has 0 saturated carbocycles. The molecule has 2 aromatic heterocycles. The number of nitrogens with zero attached hydrogens (tertiary/aromatic N) is 2. The van der Waals surface area contributed by atoms with E-state index in [9.17, 15) is 9.00 Å². The number of hydrogen-bond acceptors (Lipinski definition) is 7. The summed E-state index contributed by atoms with van der Waals surface area (Å²) in [7, 11) is -1.13. The summed E-state index contributed by atoms with van der Waals surface area (Å²) in [5.74, 6) is 0.600. The van der Waals surface area contributed by atoms with Gasteiger partial charge in [0.05, 0.1) is 34.5 Å². The number of aromatic nitrogens is 2. The number of carbonyl (C=O) groups excluding carboxylic acids is 1. The van der Waals surface area contributed by atoms with Gasteiger partial charge in [-0.15, -0.1) is 11.3 Å². The monoisotopic (exact) mass is 511 g/mol. The van der Waals surface area contributed by atoms with E-state index in [0.29, 0.717) is 24.4 Å². The highest BCUT2D eigenvalue weighted by Crippen LogP contribution is 2.40. The fourth-order valence-electron chi connectivity index (χ4n) is 3.92. The van der Waals surface area contributed by atoms with Crippen LogP contribution < -0.4 is 16.4 Å². The second-order valence-electron chi connectivity index (χ2n) is 8.16. The quantitative estimate of drug-likeness (QED) is 0.330. The van der Waals surface area contributed by atoms with Gasteiger partial charge in [-0.05, 0) is 29.2 Å². The van der Waals surface area contributed by atoms with E-state index in [1.165, 1.54) is 11.3 Å². The molecule has 1 aliphatic rings. The minimum absolute atomic E-state index is 0.104. The minimum Gasteiger partial charge on any atom is -0.397 e. The van der Waals surface area contributed by atoms with Crippen LogP contribution in [0.4, 0.5) is 4.79 Å². The average molecular weight is 512 g/mol. The van der Waals surface area contributed by atoms with Crippen LogP contribution in [0.15, 0.2) is 46.8 Å². The number of urea groups is 1. The predicted octanol–water partition coefficient (Wildman–Crippen LogP) is 3.40. The van der Waals surface area contributed by atoms with Crippen molar-refractivity contribution < 1.29 is 14.1 Å². The number of hydrogen-bond donors (Lipinski definition) is 4. The Kier molecular flexibility index (Phi) is 8.27. The van der Waals surface area contributed by atoms with Gasteiger partial charge in [-0.25, -0.2) is 14.8 Å². The fourth-order valence-corrected chi connectivity index (χ4v) is 5.96. The first-order valence-corrected chi connectivity index (χ1v) is 13.7. The Morgan fingerprint density at radius 3 is 2.74 bits per heavy atom. The molecule has 0 spiro atoms. The van der Waals surface area contributed by atoms with E-state index in [4.69, 9.17) is 15.8 Å². The van der Waals surface area contributed by atoms with Gasteiger partial charge in [0.15, 0.2) is 0 Å². The summed E-state index contributed by atoms with van der Waals surface area (Å²) in [5, 5.41) is 16.9. The van der Waals surface area contributed by atoms with Crippen LogP contribution in [0, 0.1) is 0 Å². The average Bonchev–Trinajstić information content (AvgIpc) is 3.53. The smallest absolute Gasteiger partial charge is 0.315 e. The maximum Gasteiger partial charge on any atom is 0.315 e. The highest BCUT2D eigenvalue weighted by atomic mass is 32.2. The molecule has 184 valence electrons. The Bertz CT molecular complexity index is 1240. The van der Waals surface area contributed by atoms with Crippen LogP contribution in [0.25, 0.3) is 27.5 Å². The molecule has 0 radical (unpaired) electrons. The molecule has 0 bridgehead atoms. The van der Waals surface area contributed by atoms with Crippen molar-refractivity contribution in [2.45, 2.75) is 32.7 Å². The van der Waals surface area contributed by atoms with E-state index >= 15 is 0 Å². The normalized spacial score (nSPS) is 13.5. The van der Waals surface area contributed by atoms with Crippen LogP contribution in [0.5, 0.6) is 0 Å². The van der Waals surface area contributed by atoms with Crippen molar-refractivity contribution in [3.63, 3.8) is 0 Å². The number of benzene rings is 1. The van der Waals surface area contributed by atoms with Crippen molar-refractivity contribution >= 4 is 33.9 Å². The minimum atomic E-state index is -1.13. The lowest BCUT2D eigenvalue weighted by atomic mass is 9.97. The molecule has 8 nitrogen and oxygen atoms in total. The Morgan fingerprint density at radius 2 is 2.06 bits per heavy atom. The van der Waals surface area contributed by atoms with Gasteiger partial charge in [0.2, 0.25) is 0 Å². The van der Waals surface area contributed by atoms with E-state index in [1.807, 2.05) is 35.7 Å². The Morgan fingerprint density at radius 1 is 1.26 bits per heavy atom. The lowest BCUT2D eigenvalue weighted by Crippen LogP contribution is -2.36. The van der Waals surface area contributed by atoms with Crippen molar-refractivity contribution in [1.82, 2.24) is 20.6 Å². The zero-order valence-corrected chi connectivity index (χ0v) is 21.2. The second kappa shape index (κ2) is 11.6. The summed E-state index contributed by atoms with van der Waals surface area (Å²) in [6, 6.07) is 9.55. The number of nitrogens with one attached hydrogen (secondary N) is 2. The lowest BCUT2D eigenvalue weighted by molar-refractivity contribution is 0.234. The molecule has 1 atom stereocenters. The summed E-state index contributed by atoms with van der Waals surface area (Å²) in [6.45, 7) is 2.55. The van der Waals surface area contributed by atoms with E-state index in [1.54, 1.807) is 6.20 Å². The molecule has 0 aliphatic heterocycles. The molecule has 1 aliphatic carbocycles. The van der Waals surface area contributed by atoms with Crippen molar-refractivity contribution in [2.24, 2.45) is 5.73 Å². The number of aliphatic hydroxyl groups excluding tert-OH is 1. The third kappa shape index (κ3) is 5.77. The van der Waals surface area contributed by atoms with E-state index in [2.05, 4.69) is 22.5 Å². The third-order valence-corrected chi connectivity index (χ3v) is 8.09. The second-order valence-corrected chi connectivity index (χ2v) is 10.6. The Labute approximate surface area is 211 Å². The summed E-state index contributed by atoms with van der Waals surface area (Å²) >= 11 is 1.52. The summed E-state index contributed by atoms with van der Waals surface area (Å²) in [4.78, 5) is 21.8. The fraction of sp³-hybridized carbons (Fsp3) is 0.320. The van der Waals surface area contributed by atoms with Gasteiger partial charge in [-0.3, -0.25) is 4.21 Å². The van der Waals surface area contributed by atoms with Gasteiger partial charge in [-0.1, -0.05) is 37.6 Å². The predicted molar refractivity (Wildman–Crippen MR) is 141 cm³/mol. The molecule has 35 heavy (non-hydrogen) atoms. The third-order valence-electron chi connectivity index (χ3n) is 5.72. The summed E-state index contributed by atoms with van der Waals surface area (Å²) in [5.41, 5.74) is 12.4. The number of rotatable bonds is 10. The molecule has 2 amide bonds.